The number of amides is 1. The highest BCUT2D eigenvalue weighted by atomic mass is 32.1. The van der Waals surface area contributed by atoms with Crippen molar-refractivity contribution in [3.8, 4) is 0 Å². The second-order valence-electron chi connectivity index (χ2n) is 5.61. The van der Waals surface area contributed by atoms with Crippen molar-refractivity contribution in [2.45, 2.75) is 26.1 Å². The zero-order valence-electron chi connectivity index (χ0n) is 13.5. The van der Waals surface area contributed by atoms with Crippen molar-refractivity contribution in [1.29, 1.82) is 0 Å². The topological polar surface area (TPSA) is 58.6 Å². The molecule has 0 aliphatic carbocycles. The molecule has 1 N–H and O–H groups in total. The first-order valence-electron chi connectivity index (χ1n) is 7.80. The Morgan fingerprint density at radius 1 is 1.17 bits per heavy atom. The normalized spacial score (nSPS) is 12.4. The van der Waals surface area contributed by atoms with Crippen LogP contribution in [0.15, 0.2) is 63.1 Å². The fourth-order valence-electron chi connectivity index (χ4n) is 2.51. The SMILES string of the molecule is C[C@@H](NC(=O)CN(Cc1ccco1)Cc1cccs1)c1ccco1. The first kappa shape index (κ1) is 16.5. The predicted octanol–water partition coefficient (Wildman–Crippen LogP) is 3.81. The maximum absolute atomic E-state index is 12.4. The van der Waals surface area contributed by atoms with E-state index >= 15 is 0 Å². The number of hydrogen-bond donors (Lipinski definition) is 1. The summed E-state index contributed by atoms with van der Waals surface area (Å²) in [5.41, 5.74) is 0. The Kier molecular flexibility index (Phi) is 5.51. The van der Waals surface area contributed by atoms with E-state index in [2.05, 4.69) is 16.3 Å². The molecule has 1 atom stereocenters. The van der Waals surface area contributed by atoms with Gasteiger partial charge in [-0.1, -0.05) is 6.07 Å². The number of carbonyl (C=O) groups is 1. The molecule has 0 bridgehead atoms. The lowest BCUT2D eigenvalue weighted by Crippen LogP contribution is -2.37. The summed E-state index contributed by atoms with van der Waals surface area (Å²) in [6.45, 7) is 3.50. The molecule has 3 aromatic rings. The number of furan rings is 2. The van der Waals surface area contributed by atoms with E-state index in [1.54, 1.807) is 23.9 Å². The lowest BCUT2D eigenvalue weighted by molar-refractivity contribution is -0.123. The monoisotopic (exact) mass is 344 g/mol. The van der Waals surface area contributed by atoms with E-state index in [-0.39, 0.29) is 11.9 Å². The zero-order valence-corrected chi connectivity index (χ0v) is 14.3. The van der Waals surface area contributed by atoms with Crippen LogP contribution in [0, 0.1) is 0 Å². The number of carbonyl (C=O) groups excluding carboxylic acids is 1. The molecule has 0 saturated heterocycles. The molecule has 3 heterocycles. The summed E-state index contributed by atoms with van der Waals surface area (Å²) in [7, 11) is 0. The van der Waals surface area contributed by atoms with Crippen LogP contribution in [0.1, 0.15) is 29.4 Å². The van der Waals surface area contributed by atoms with Gasteiger partial charge in [-0.25, -0.2) is 0 Å². The summed E-state index contributed by atoms with van der Waals surface area (Å²) in [4.78, 5) is 15.7. The maximum atomic E-state index is 12.4. The smallest absolute Gasteiger partial charge is 0.234 e. The average molecular weight is 344 g/mol. The lowest BCUT2D eigenvalue weighted by Gasteiger charge is -2.21. The fourth-order valence-corrected chi connectivity index (χ4v) is 3.26. The minimum Gasteiger partial charge on any atom is -0.468 e. The average Bonchev–Trinajstić information content (AvgIpc) is 3.31. The molecule has 24 heavy (non-hydrogen) atoms. The van der Waals surface area contributed by atoms with Crippen LogP contribution < -0.4 is 5.32 Å². The van der Waals surface area contributed by atoms with Gasteiger partial charge in [0, 0.05) is 11.4 Å². The van der Waals surface area contributed by atoms with E-state index in [4.69, 9.17) is 8.83 Å². The molecular weight excluding hydrogens is 324 g/mol. The van der Waals surface area contributed by atoms with Gasteiger partial charge in [0.1, 0.15) is 11.5 Å². The van der Waals surface area contributed by atoms with Gasteiger partial charge in [-0.15, -0.1) is 11.3 Å². The van der Waals surface area contributed by atoms with Gasteiger partial charge in [-0.05, 0) is 42.6 Å². The van der Waals surface area contributed by atoms with E-state index < -0.39 is 0 Å². The predicted molar refractivity (Wildman–Crippen MR) is 92.4 cm³/mol. The highest BCUT2D eigenvalue weighted by Gasteiger charge is 2.17. The zero-order chi connectivity index (χ0) is 16.8. The van der Waals surface area contributed by atoms with Crippen LogP contribution in [0.2, 0.25) is 0 Å². The van der Waals surface area contributed by atoms with E-state index in [1.165, 1.54) is 4.88 Å². The van der Waals surface area contributed by atoms with Gasteiger partial charge in [-0.2, -0.15) is 0 Å². The number of thiophene rings is 1. The second kappa shape index (κ2) is 7.99. The maximum Gasteiger partial charge on any atom is 0.234 e. The molecular formula is C18H20N2O3S. The van der Waals surface area contributed by atoms with Crippen LogP contribution in [0.5, 0.6) is 0 Å². The fraction of sp³-hybridized carbons (Fsp3) is 0.278. The Labute approximate surface area is 144 Å². The quantitative estimate of drug-likeness (QED) is 0.675. The first-order chi connectivity index (χ1) is 11.7. The molecule has 0 spiro atoms. The van der Waals surface area contributed by atoms with Gasteiger partial charge in [0.25, 0.3) is 0 Å². The van der Waals surface area contributed by atoms with Crippen molar-refractivity contribution in [3.63, 3.8) is 0 Å². The van der Waals surface area contributed by atoms with Crippen LogP contribution in [0.25, 0.3) is 0 Å². The summed E-state index contributed by atoms with van der Waals surface area (Å²) in [5.74, 6) is 1.56. The third kappa shape index (κ3) is 4.59. The van der Waals surface area contributed by atoms with E-state index in [9.17, 15) is 4.79 Å². The van der Waals surface area contributed by atoms with Crippen molar-refractivity contribution in [2.75, 3.05) is 6.54 Å². The molecule has 0 aliphatic heterocycles. The van der Waals surface area contributed by atoms with Gasteiger partial charge in [0.2, 0.25) is 5.91 Å². The molecule has 3 aromatic heterocycles. The van der Waals surface area contributed by atoms with E-state index in [0.717, 1.165) is 11.5 Å². The molecule has 0 unspecified atom stereocenters. The second-order valence-corrected chi connectivity index (χ2v) is 6.64. The first-order valence-corrected chi connectivity index (χ1v) is 8.68. The van der Waals surface area contributed by atoms with Crippen molar-refractivity contribution < 1.29 is 13.6 Å². The van der Waals surface area contributed by atoms with Crippen molar-refractivity contribution in [2.24, 2.45) is 0 Å². The molecule has 1 amide bonds. The summed E-state index contributed by atoms with van der Waals surface area (Å²) in [6.07, 6.45) is 3.26. The van der Waals surface area contributed by atoms with Crippen molar-refractivity contribution in [1.82, 2.24) is 10.2 Å². The molecule has 0 aromatic carbocycles. The Bertz CT molecular complexity index is 684. The van der Waals surface area contributed by atoms with Gasteiger partial charge in [0.05, 0.1) is 31.7 Å². The van der Waals surface area contributed by atoms with Crippen LogP contribution in [0.3, 0.4) is 0 Å². The summed E-state index contributed by atoms with van der Waals surface area (Å²) >= 11 is 1.68. The van der Waals surface area contributed by atoms with Gasteiger partial charge >= 0.3 is 0 Å². The summed E-state index contributed by atoms with van der Waals surface area (Å²) in [5, 5.41) is 5.01. The molecule has 0 aliphatic rings. The van der Waals surface area contributed by atoms with Crippen LogP contribution in [-0.2, 0) is 17.9 Å². The number of nitrogens with one attached hydrogen (secondary N) is 1. The minimum absolute atomic E-state index is 0.0398. The molecule has 5 nitrogen and oxygen atoms in total. The largest absolute Gasteiger partial charge is 0.468 e. The Morgan fingerprint density at radius 3 is 2.67 bits per heavy atom. The van der Waals surface area contributed by atoms with E-state index in [1.807, 2.05) is 42.6 Å². The van der Waals surface area contributed by atoms with Gasteiger partial charge in [-0.3, -0.25) is 9.69 Å². The standard InChI is InChI=1S/C18H20N2O3S/c1-14(17-7-3-9-23-17)19-18(21)13-20(11-15-5-2-8-22-15)12-16-6-4-10-24-16/h2-10,14H,11-13H2,1H3,(H,19,21)/t14-/m1/s1. The third-order valence-corrected chi connectivity index (χ3v) is 4.49. The molecule has 0 radical (unpaired) electrons. The Balaban J connectivity index is 1.60. The van der Waals surface area contributed by atoms with Crippen LogP contribution in [-0.4, -0.2) is 17.4 Å². The van der Waals surface area contributed by atoms with Crippen molar-refractivity contribution in [3.05, 3.63) is 70.7 Å². The van der Waals surface area contributed by atoms with E-state index in [0.29, 0.717) is 19.6 Å². The molecule has 0 saturated carbocycles. The van der Waals surface area contributed by atoms with Gasteiger partial charge in [0.15, 0.2) is 0 Å². The van der Waals surface area contributed by atoms with Crippen molar-refractivity contribution >= 4 is 17.2 Å². The highest BCUT2D eigenvalue weighted by molar-refractivity contribution is 7.09. The molecule has 6 heteroatoms. The number of rotatable bonds is 8. The summed E-state index contributed by atoms with van der Waals surface area (Å²) < 4.78 is 10.7. The highest BCUT2D eigenvalue weighted by Crippen LogP contribution is 2.16. The summed E-state index contributed by atoms with van der Waals surface area (Å²) in [6, 6.07) is 11.4. The number of hydrogen-bond acceptors (Lipinski definition) is 5. The molecule has 0 fully saturated rings. The molecule has 3 rings (SSSR count). The lowest BCUT2D eigenvalue weighted by atomic mass is 10.2. The minimum atomic E-state index is -0.153. The van der Waals surface area contributed by atoms with Gasteiger partial charge < -0.3 is 14.2 Å². The van der Waals surface area contributed by atoms with Crippen LogP contribution in [0.4, 0.5) is 0 Å². The molecule has 126 valence electrons. The Morgan fingerprint density at radius 2 is 2.00 bits per heavy atom. The number of nitrogens with zero attached hydrogens (tertiary/aromatic N) is 1. The third-order valence-electron chi connectivity index (χ3n) is 3.63. The Hall–Kier alpha value is -2.31. The van der Waals surface area contributed by atoms with Crippen LogP contribution >= 0.6 is 11.3 Å².